The van der Waals surface area contributed by atoms with Gasteiger partial charge in [0.1, 0.15) is 0 Å². The molecule has 0 saturated carbocycles. The lowest BCUT2D eigenvalue weighted by Gasteiger charge is -2.39. The molecular weight excluding hydrogens is 328 g/mol. The molecule has 1 aliphatic rings. The quantitative estimate of drug-likeness (QED) is 0.830. The molecule has 0 bridgehead atoms. The molecule has 0 spiro atoms. The Kier molecular flexibility index (Phi) is 5.17. The zero-order valence-corrected chi connectivity index (χ0v) is 14.6. The molecule has 3 rings (SSSR count). The van der Waals surface area contributed by atoms with Crippen molar-refractivity contribution in [1.82, 2.24) is 10.0 Å². The van der Waals surface area contributed by atoms with E-state index >= 15 is 0 Å². The minimum Gasteiger partial charge on any atom is -0.452 e. The smallest absolute Gasteiger partial charge is 0.428 e. The van der Waals surface area contributed by atoms with Crippen molar-refractivity contribution >= 4 is 18.1 Å². The summed E-state index contributed by atoms with van der Waals surface area (Å²) < 4.78 is 4.84. The van der Waals surface area contributed by atoms with Crippen molar-refractivity contribution in [2.45, 2.75) is 0 Å². The summed E-state index contributed by atoms with van der Waals surface area (Å²) in [7, 11) is 1.30. The molecule has 0 aliphatic carbocycles. The Bertz CT molecular complexity index is 844. The van der Waals surface area contributed by atoms with E-state index < -0.39 is 6.09 Å². The maximum atomic E-state index is 13.0. The summed E-state index contributed by atoms with van der Waals surface area (Å²) in [6.45, 7) is 4.51. The molecular formula is C21H20N2O3. The molecule has 132 valence electrons. The van der Waals surface area contributed by atoms with Gasteiger partial charge in [-0.25, -0.2) is 14.8 Å². The lowest BCUT2D eigenvalue weighted by molar-refractivity contribution is -0.00308. The van der Waals surface area contributed by atoms with Crippen molar-refractivity contribution in [1.29, 1.82) is 0 Å². The Morgan fingerprint density at radius 1 is 0.962 bits per heavy atom. The molecule has 2 amide bonds. The highest BCUT2D eigenvalue weighted by Crippen LogP contribution is 2.25. The Balaban J connectivity index is 1.94. The Morgan fingerprint density at radius 3 is 2.19 bits per heavy atom. The van der Waals surface area contributed by atoms with Gasteiger partial charge in [-0.15, -0.1) is 0 Å². The first kappa shape index (κ1) is 17.5. The average Bonchev–Trinajstić information content (AvgIpc) is 2.69. The first-order valence-corrected chi connectivity index (χ1v) is 8.26. The SMILES string of the molecule is C=C1CN(C(=O)OC)N(C(=O)c2ccccc2)C/C1=C\c1ccccc1. The molecule has 26 heavy (non-hydrogen) atoms. The van der Waals surface area contributed by atoms with Crippen LogP contribution < -0.4 is 0 Å². The van der Waals surface area contributed by atoms with E-state index in [1.165, 1.54) is 17.1 Å². The van der Waals surface area contributed by atoms with Crippen molar-refractivity contribution in [2.75, 3.05) is 20.2 Å². The van der Waals surface area contributed by atoms with Crippen LogP contribution in [-0.2, 0) is 4.74 Å². The van der Waals surface area contributed by atoms with Gasteiger partial charge in [0.2, 0.25) is 0 Å². The van der Waals surface area contributed by atoms with Gasteiger partial charge in [0, 0.05) is 5.56 Å². The van der Waals surface area contributed by atoms with E-state index in [-0.39, 0.29) is 19.0 Å². The zero-order valence-electron chi connectivity index (χ0n) is 14.6. The fraction of sp³-hybridized carbons (Fsp3) is 0.143. The lowest BCUT2D eigenvalue weighted by atomic mass is 10.0. The molecule has 5 heteroatoms. The molecule has 0 radical (unpaired) electrons. The first-order chi connectivity index (χ1) is 12.6. The molecule has 2 aromatic carbocycles. The molecule has 0 aromatic heterocycles. The second-order valence-corrected chi connectivity index (χ2v) is 5.94. The lowest BCUT2D eigenvalue weighted by Crippen LogP contribution is -2.54. The van der Waals surface area contributed by atoms with Crippen LogP contribution in [0.1, 0.15) is 15.9 Å². The number of nitrogens with zero attached hydrogens (tertiary/aromatic N) is 2. The highest BCUT2D eigenvalue weighted by Gasteiger charge is 2.33. The summed E-state index contributed by atoms with van der Waals surface area (Å²) in [5.74, 6) is -0.262. The van der Waals surface area contributed by atoms with Gasteiger partial charge in [-0.05, 0) is 34.9 Å². The zero-order chi connectivity index (χ0) is 18.5. The number of methoxy groups -OCH3 is 1. The van der Waals surface area contributed by atoms with Gasteiger partial charge in [-0.1, -0.05) is 55.1 Å². The number of hydrogen-bond donors (Lipinski definition) is 0. The van der Waals surface area contributed by atoms with Gasteiger partial charge in [0.15, 0.2) is 0 Å². The van der Waals surface area contributed by atoms with E-state index in [4.69, 9.17) is 4.74 Å². The van der Waals surface area contributed by atoms with Crippen LogP contribution >= 0.6 is 0 Å². The van der Waals surface area contributed by atoms with Gasteiger partial charge < -0.3 is 4.74 Å². The second-order valence-electron chi connectivity index (χ2n) is 5.94. The van der Waals surface area contributed by atoms with E-state index in [1.54, 1.807) is 24.3 Å². The van der Waals surface area contributed by atoms with E-state index in [0.717, 1.165) is 16.7 Å². The van der Waals surface area contributed by atoms with Gasteiger partial charge in [-0.3, -0.25) is 4.79 Å². The third-order valence-electron chi connectivity index (χ3n) is 4.19. The highest BCUT2D eigenvalue weighted by molar-refractivity contribution is 5.95. The van der Waals surface area contributed by atoms with Gasteiger partial charge >= 0.3 is 6.09 Å². The number of carbonyl (C=O) groups is 2. The topological polar surface area (TPSA) is 49.9 Å². The number of amides is 2. The minimum absolute atomic E-state index is 0.198. The largest absolute Gasteiger partial charge is 0.452 e. The molecule has 0 N–H and O–H groups in total. The minimum atomic E-state index is -0.589. The van der Waals surface area contributed by atoms with E-state index in [9.17, 15) is 9.59 Å². The van der Waals surface area contributed by atoms with Crippen LogP contribution in [0.5, 0.6) is 0 Å². The third kappa shape index (κ3) is 3.67. The summed E-state index contributed by atoms with van der Waals surface area (Å²) in [5, 5.41) is 2.70. The van der Waals surface area contributed by atoms with E-state index in [0.29, 0.717) is 5.56 Å². The number of ether oxygens (including phenoxy) is 1. The van der Waals surface area contributed by atoms with E-state index in [2.05, 4.69) is 6.58 Å². The second kappa shape index (κ2) is 7.70. The Labute approximate surface area is 152 Å². The van der Waals surface area contributed by atoms with Crippen LogP contribution in [0.25, 0.3) is 6.08 Å². The van der Waals surface area contributed by atoms with Crippen molar-refractivity contribution < 1.29 is 14.3 Å². The predicted octanol–water partition coefficient (Wildman–Crippen LogP) is 3.77. The van der Waals surface area contributed by atoms with Crippen molar-refractivity contribution in [3.05, 3.63) is 89.5 Å². The van der Waals surface area contributed by atoms with E-state index in [1.807, 2.05) is 42.5 Å². The van der Waals surface area contributed by atoms with Crippen LogP contribution in [0.2, 0.25) is 0 Å². The molecule has 0 unspecified atom stereocenters. The summed E-state index contributed by atoms with van der Waals surface area (Å²) >= 11 is 0. The molecule has 2 aromatic rings. The van der Waals surface area contributed by atoms with Crippen LogP contribution in [0.15, 0.2) is 78.4 Å². The number of benzene rings is 2. The van der Waals surface area contributed by atoms with Crippen LogP contribution in [0, 0.1) is 0 Å². The monoisotopic (exact) mass is 348 g/mol. The summed E-state index contributed by atoms with van der Waals surface area (Å²) in [6.07, 6.45) is 1.40. The third-order valence-corrected chi connectivity index (χ3v) is 4.19. The highest BCUT2D eigenvalue weighted by atomic mass is 16.5. The van der Waals surface area contributed by atoms with Gasteiger partial charge in [-0.2, -0.15) is 0 Å². The normalized spacial score (nSPS) is 15.9. The van der Waals surface area contributed by atoms with Gasteiger partial charge in [0.05, 0.1) is 20.2 Å². The molecule has 1 heterocycles. The standard InChI is InChI=1S/C21H20N2O3/c1-16-14-23(21(25)26-2)22(20(24)18-11-7-4-8-12-18)15-19(16)13-17-9-5-3-6-10-17/h3-13H,1,14-15H2,2H3/b19-13+. The van der Waals surface area contributed by atoms with Crippen LogP contribution in [0.3, 0.4) is 0 Å². The van der Waals surface area contributed by atoms with Crippen LogP contribution in [0.4, 0.5) is 4.79 Å². The molecule has 5 nitrogen and oxygen atoms in total. The van der Waals surface area contributed by atoms with Crippen molar-refractivity contribution in [3.8, 4) is 0 Å². The number of rotatable bonds is 2. The molecule has 1 aliphatic heterocycles. The number of hydrazine groups is 1. The Hall–Kier alpha value is -3.34. The fourth-order valence-electron chi connectivity index (χ4n) is 2.80. The molecule has 0 atom stereocenters. The Morgan fingerprint density at radius 2 is 1.58 bits per heavy atom. The summed E-state index contributed by atoms with van der Waals surface area (Å²) in [6, 6.07) is 18.7. The predicted molar refractivity (Wildman–Crippen MR) is 100 cm³/mol. The maximum Gasteiger partial charge on any atom is 0.428 e. The van der Waals surface area contributed by atoms with Gasteiger partial charge in [0.25, 0.3) is 5.91 Å². The van der Waals surface area contributed by atoms with Crippen molar-refractivity contribution in [3.63, 3.8) is 0 Å². The number of carbonyl (C=O) groups excluding carboxylic acids is 2. The molecule has 1 saturated heterocycles. The summed E-state index contributed by atoms with van der Waals surface area (Å²) in [5.41, 5.74) is 3.20. The summed E-state index contributed by atoms with van der Waals surface area (Å²) in [4.78, 5) is 25.1. The number of hydrogen-bond acceptors (Lipinski definition) is 3. The maximum absolute atomic E-state index is 13.0. The fourth-order valence-corrected chi connectivity index (χ4v) is 2.80. The molecule has 1 fully saturated rings. The van der Waals surface area contributed by atoms with Crippen molar-refractivity contribution in [2.24, 2.45) is 0 Å². The average molecular weight is 348 g/mol. The first-order valence-electron chi connectivity index (χ1n) is 8.26. The van der Waals surface area contributed by atoms with Crippen LogP contribution in [-0.4, -0.2) is 42.2 Å².